The van der Waals surface area contributed by atoms with Gasteiger partial charge in [-0.2, -0.15) is 0 Å². The molecule has 1 amide bonds. The van der Waals surface area contributed by atoms with Gasteiger partial charge < -0.3 is 27.7 Å². The maximum atomic E-state index is 12.5. The predicted molar refractivity (Wildman–Crippen MR) is 114 cm³/mol. The molecule has 3 N–H and O–H groups in total. The van der Waals surface area contributed by atoms with Gasteiger partial charge in [-0.1, -0.05) is 40.6 Å². The van der Waals surface area contributed by atoms with E-state index in [1.54, 1.807) is 24.4 Å². The van der Waals surface area contributed by atoms with Gasteiger partial charge in [0.15, 0.2) is 10.7 Å². The first-order chi connectivity index (χ1) is 13.8. The molecule has 2 heterocycles. The zero-order valence-electron chi connectivity index (χ0n) is 16.3. The van der Waals surface area contributed by atoms with Gasteiger partial charge in [0.25, 0.3) is 5.91 Å². The van der Waals surface area contributed by atoms with Gasteiger partial charge in [0.1, 0.15) is 6.54 Å². The third kappa shape index (κ3) is 5.25. The Bertz CT molecular complexity index is 1110. The number of carbonyl (C=O) groups is 1. The van der Waals surface area contributed by atoms with Gasteiger partial charge in [-0.05, 0) is 31.5 Å². The Hall–Kier alpha value is -1.84. The first-order valence-electron chi connectivity index (χ1n) is 9.13. The lowest BCUT2D eigenvalue weighted by Crippen LogP contribution is -3.10. The Kier molecular flexibility index (Phi) is 8.52. The van der Waals surface area contributed by atoms with E-state index in [1.165, 1.54) is 20.6 Å². The van der Waals surface area contributed by atoms with E-state index >= 15 is 0 Å². The van der Waals surface area contributed by atoms with E-state index in [9.17, 15) is 14.7 Å². The van der Waals surface area contributed by atoms with Crippen LogP contribution in [0, 0.1) is 0 Å². The van der Waals surface area contributed by atoms with E-state index in [1.807, 2.05) is 0 Å². The monoisotopic (exact) mass is 490 g/mol. The van der Waals surface area contributed by atoms with Gasteiger partial charge in [-0.15, -0.1) is 0 Å². The van der Waals surface area contributed by atoms with Gasteiger partial charge in [-0.25, -0.2) is 4.98 Å². The molecule has 0 saturated carbocycles. The van der Waals surface area contributed by atoms with E-state index in [-0.39, 0.29) is 24.6 Å². The van der Waals surface area contributed by atoms with Crippen molar-refractivity contribution in [3.05, 3.63) is 60.9 Å². The summed E-state index contributed by atoms with van der Waals surface area (Å²) >= 11 is 13.2. The lowest BCUT2D eigenvalue weighted by Gasteiger charge is -2.13. The number of halogens is 3. The number of aromatic hydroxyl groups is 1. The first kappa shape index (κ1) is 24.4. The molecule has 162 valence electrons. The zero-order chi connectivity index (χ0) is 21.1. The van der Waals surface area contributed by atoms with Crippen LogP contribution in [0.15, 0.2) is 29.2 Å². The highest BCUT2D eigenvalue weighted by molar-refractivity contribution is 7.17. The summed E-state index contributed by atoms with van der Waals surface area (Å²) in [5, 5.41) is 13.7. The Morgan fingerprint density at radius 3 is 2.60 bits per heavy atom. The SMILES string of the molecule is CC[NH+](CC)Cc1cn2c(=O)c(O)c(C(=O)NCc3ccc(Cl)c(Cl)c3)nc2s1.[Cl-]. The Balaban J connectivity index is 0.00000320. The quantitative estimate of drug-likeness (QED) is 0.401. The molecular formula is C19H21Cl3N4O3S. The molecule has 0 atom stereocenters. The number of fused-ring (bicyclic) bond motifs is 1. The van der Waals surface area contributed by atoms with Crippen LogP contribution in [0.1, 0.15) is 34.8 Å². The summed E-state index contributed by atoms with van der Waals surface area (Å²) in [5.74, 6) is -1.31. The molecule has 0 radical (unpaired) electrons. The number of nitrogens with one attached hydrogen (secondary N) is 2. The molecule has 0 aliphatic heterocycles. The van der Waals surface area contributed by atoms with E-state index in [0.717, 1.165) is 30.1 Å². The summed E-state index contributed by atoms with van der Waals surface area (Å²) in [5.41, 5.74) is -0.226. The summed E-state index contributed by atoms with van der Waals surface area (Å²) in [7, 11) is 0. The average Bonchev–Trinajstić information content (AvgIpc) is 3.12. The van der Waals surface area contributed by atoms with Crippen LogP contribution >= 0.6 is 34.5 Å². The van der Waals surface area contributed by atoms with Crippen molar-refractivity contribution in [2.24, 2.45) is 0 Å². The minimum Gasteiger partial charge on any atom is -1.00 e. The van der Waals surface area contributed by atoms with E-state index in [4.69, 9.17) is 23.2 Å². The van der Waals surface area contributed by atoms with Crippen LogP contribution in [0.3, 0.4) is 0 Å². The number of rotatable bonds is 7. The van der Waals surface area contributed by atoms with Gasteiger partial charge in [0, 0.05) is 12.7 Å². The molecule has 0 unspecified atom stereocenters. The van der Waals surface area contributed by atoms with Crippen molar-refractivity contribution in [3.63, 3.8) is 0 Å². The molecule has 0 spiro atoms. The van der Waals surface area contributed by atoms with Crippen LogP contribution in [-0.4, -0.2) is 33.5 Å². The second-order valence-electron chi connectivity index (χ2n) is 6.53. The number of amides is 1. The second-order valence-corrected chi connectivity index (χ2v) is 8.44. The standard InChI is InChI=1S/C19H20Cl2N4O3S.ClH/c1-3-24(4-2)9-12-10-25-18(28)16(26)15(23-19(25)29-12)17(27)22-8-11-5-6-13(20)14(21)7-11;/h5-7,10,26H,3-4,8-9H2,1-2H3,(H,22,27);1H. The molecule has 0 fully saturated rings. The van der Waals surface area contributed by atoms with Crippen molar-refractivity contribution in [2.75, 3.05) is 13.1 Å². The highest BCUT2D eigenvalue weighted by Crippen LogP contribution is 2.23. The third-order valence-corrected chi connectivity index (χ3v) is 6.35. The molecule has 1 aromatic carbocycles. The summed E-state index contributed by atoms with van der Waals surface area (Å²) in [6.45, 7) is 7.01. The maximum Gasteiger partial charge on any atom is 0.301 e. The number of aromatic nitrogens is 2. The molecule has 0 saturated heterocycles. The molecule has 0 bridgehead atoms. The summed E-state index contributed by atoms with van der Waals surface area (Å²) in [4.78, 5) is 31.9. The number of hydrogen-bond acceptors (Lipinski definition) is 5. The van der Waals surface area contributed by atoms with Crippen LogP contribution < -0.4 is 28.2 Å². The van der Waals surface area contributed by atoms with Crippen molar-refractivity contribution >= 4 is 45.4 Å². The number of hydrogen-bond donors (Lipinski definition) is 3. The van der Waals surface area contributed by atoms with Gasteiger partial charge >= 0.3 is 5.56 Å². The fourth-order valence-electron chi connectivity index (χ4n) is 2.88. The highest BCUT2D eigenvalue weighted by atomic mass is 35.5. The molecule has 11 heteroatoms. The van der Waals surface area contributed by atoms with Crippen molar-refractivity contribution in [1.82, 2.24) is 14.7 Å². The summed E-state index contributed by atoms with van der Waals surface area (Å²) in [6, 6.07) is 4.99. The molecule has 3 rings (SSSR count). The van der Waals surface area contributed by atoms with Crippen molar-refractivity contribution < 1.29 is 27.2 Å². The van der Waals surface area contributed by atoms with Crippen LogP contribution in [0.5, 0.6) is 5.75 Å². The van der Waals surface area contributed by atoms with Gasteiger partial charge in [0.2, 0.25) is 5.75 Å². The lowest BCUT2D eigenvalue weighted by molar-refractivity contribution is -0.910. The van der Waals surface area contributed by atoms with Crippen molar-refractivity contribution in [3.8, 4) is 5.75 Å². The molecular weight excluding hydrogens is 471 g/mol. The lowest BCUT2D eigenvalue weighted by atomic mass is 10.2. The minimum absolute atomic E-state index is 0. The van der Waals surface area contributed by atoms with Crippen LogP contribution in [0.4, 0.5) is 0 Å². The molecule has 2 aromatic heterocycles. The maximum absolute atomic E-state index is 12.5. The van der Waals surface area contributed by atoms with E-state index in [0.29, 0.717) is 15.0 Å². The third-order valence-electron chi connectivity index (χ3n) is 4.63. The largest absolute Gasteiger partial charge is 1.00 e. The summed E-state index contributed by atoms with van der Waals surface area (Å²) < 4.78 is 1.29. The molecule has 0 aliphatic rings. The van der Waals surface area contributed by atoms with Crippen LogP contribution in [0.25, 0.3) is 4.96 Å². The second kappa shape index (κ2) is 10.5. The topological polar surface area (TPSA) is 88.1 Å². The fraction of sp³-hybridized carbons (Fsp3) is 0.316. The first-order valence-corrected chi connectivity index (χ1v) is 10.7. The highest BCUT2D eigenvalue weighted by Gasteiger charge is 2.20. The molecule has 3 aromatic rings. The Morgan fingerprint density at radius 2 is 1.97 bits per heavy atom. The zero-order valence-corrected chi connectivity index (χ0v) is 19.4. The molecule has 7 nitrogen and oxygen atoms in total. The molecule has 30 heavy (non-hydrogen) atoms. The van der Waals surface area contributed by atoms with Crippen LogP contribution in [0.2, 0.25) is 10.0 Å². The number of nitrogens with zero attached hydrogens (tertiary/aromatic N) is 2. The van der Waals surface area contributed by atoms with Crippen molar-refractivity contribution in [2.45, 2.75) is 26.9 Å². The number of carbonyl (C=O) groups excluding carboxylic acids is 1. The smallest absolute Gasteiger partial charge is 0.301 e. The fourth-order valence-corrected chi connectivity index (χ4v) is 4.24. The normalized spacial score (nSPS) is 11.0. The number of quaternary nitrogens is 1. The minimum atomic E-state index is -0.673. The Labute approximate surface area is 193 Å². The van der Waals surface area contributed by atoms with Gasteiger partial charge in [-0.3, -0.25) is 14.0 Å². The van der Waals surface area contributed by atoms with Crippen molar-refractivity contribution in [1.29, 1.82) is 0 Å². The molecule has 0 aliphatic carbocycles. The van der Waals surface area contributed by atoms with E-state index in [2.05, 4.69) is 24.1 Å². The Morgan fingerprint density at radius 1 is 1.27 bits per heavy atom. The van der Waals surface area contributed by atoms with Crippen LogP contribution in [-0.2, 0) is 13.1 Å². The number of benzene rings is 1. The predicted octanol–water partition coefficient (Wildman–Crippen LogP) is -0.873. The van der Waals surface area contributed by atoms with E-state index < -0.39 is 17.2 Å². The average molecular weight is 492 g/mol. The number of thiazole rings is 1. The summed E-state index contributed by atoms with van der Waals surface area (Å²) in [6.07, 6.45) is 1.68. The van der Waals surface area contributed by atoms with Gasteiger partial charge in [0.05, 0.1) is 28.0 Å².